The molecule has 1 aromatic carbocycles. The van der Waals surface area contributed by atoms with E-state index in [1.54, 1.807) is 18.2 Å². The van der Waals surface area contributed by atoms with Gasteiger partial charge >= 0.3 is 6.18 Å². The highest BCUT2D eigenvalue weighted by Crippen LogP contribution is 2.33. The van der Waals surface area contributed by atoms with Crippen LogP contribution in [0.1, 0.15) is 56.1 Å². The first-order chi connectivity index (χ1) is 12.9. The highest BCUT2D eigenvalue weighted by molar-refractivity contribution is 5.24. The fourth-order valence-corrected chi connectivity index (χ4v) is 3.63. The van der Waals surface area contributed by atoms with Gasteiger partial charge in [-0.05, 0) is 74.1 Å². The summed E-state index contributed by atoms with van der Waals surface area (Å²) in [6.45, 7) is 0. The Hall–Kier alpha value is -2.09. The number of unbranched alkanes of at least 4 members (excludes halogenated alkanes) is 1. The van der Waals surface area contributed by atoms with Crippen molar-refractivity contribution in [2.45, 2.75) is 57.5 Å². The minimum Gasteiger partial charge on any atom is -0.195 e. The molecule has 27 heavy (non-hydrogen) atoms. The number of halogens is 4. The van der Waals surface area contributed by atoms with Crippen molar-refractivity contribution < 1.29 is 17.6 Å². The lowest BCUT2D eigenvalue weighted by molar-refractivity contribution is -0.137. The molecule has 0 spiro atoms. The summed E-state index contributed by atoms with van der Waals surface area (Å²) < 4.78 is 50.3. The molecular formula is C22H25F4N. The van der Waals surface area contributed by atoms with Gasteiger partial charge in [0.15, 0.2) is 5.83 Å². The number of nitriles is 1. The summed E-state index contributed by atoms with van der Waals surface area (Å²) in [5, 5.41) is 8.35. The van der Waals surface area contributed by atoms with Gasteiger partial charge in [0.05, 0.1) is 5.56 Å². The highest BCUT2D eigenvalue weighted by atomic mass is 19.4. The van der Waals surface area contributed by atoms with Crippen LogP contribution in [0.25, 0.3) is 0 Å². The van der Waals surface area contributed by atoms with Crippen LogP contribution in [-0.4, -0.2) is 0 Å². The van der Waals surface area contributed by atoms with Gasteiger partial charge in [0.1, 0.15) is 6.07 Å². The smallest absolute Gasteiger partial charge is 0.195 e. The van der Waals surface area contributed by atoms with E-state index in [4.69, 9.17) is 5.26 Å². The summed E-state index contributed by atoms with van der Waals surface area (Å²) in [6, 6.07) is 6.91. The molecule has 1 aromatic rings. The van der Waals surface area contributed by atoms with Gasteiger partial charge < -0.3 is 0 Å². The fraction of sp³-hybridized carbons (Fsp3) is 0.500. The normalized spacial score (nSPS) is 21.4. The van der Waals surface area contributed by atoms with Crippen molar-refractivity contribution in [3.63, 3.8) is 0 Å². The first kappa shape index (κ1) is 21.2. The maximum Gasteiger partial charge on any atom is 0.416 e. The van der Waals surface area contributed by atoms with Gasteiger partial charge in [-0.1, -0.05) is 37.1 Å². The molecule has 146 valence electrons. The van der Waals surface area contributed by atoms with E-state index < -0.39 is 17.6 Å². The number of hydrogen-bond acceptors (Lipinski definition) is 1. The second kappa shape index (κ2) is 10.3. The lowest BCUT2D eigenvalue weighted by Gasteiger charge is -2.26. The van der Waals surface area contributed by atoms with Gasteiger partial charge in [-0.3, -0.25) is 0 Å². The molecular weight excluding hydrogens is 354 g/mol. The van der Waals surface area contributed by atoms with Crippen LogP contribution in [-0.2, 0) is 12.6 Å². The Morgan fingerprint density at radius 1 is 1.07 bits per heavy atom. The minimum atomic E-state index is -4.27. The molecule has 0 radical (unpaired) electrons. The Bertz CT molecular complexity index is 672. The number of allylic oxidation sites excluding steroid dienone is 4. The Labute approximate surface area is 158 Å². The molecule has 0 bridgehead atoms. The van der Waals surface area contributed by atoms with Crippen LogP contribution in [0, 0.1) is 23.2 Å². The molecule has 1 aliphatic rings. The van der Waals surface area contributed by atoms with Crippen LogP contribution in [0.3, 0.4) is 0 Å². The molecule has 0 unspecified atom stereocenters. The van der Waals surface area contributed by atoms with Crippen LogP contribution < -0.4 is 0 Å². The summed E-state index contributed by atoms with van der Waals surface area (Å²) in [5.41, 5.74) is 0.359. The molecule has 0 aliphatic heterocycles. The highest BCUT2D eigenvalue weighted by Gasteiger charge is 2.29. The lowest BCUT2D eigenvalue weighted by Crippen LogP contribution is -2.13. The van der Waals surface area contributed by atoms with Crippen molar-refractivity contribution in [3.8, 4) is 6.07 Å². The third-order valence-electron chi connectivity index (χ3n) is 5.23. The molecule has 1 saturated carbocycles. The molecule has 1 fully saturated rings. The van der Waals surface area contributed by atoms with Crippen LogP contribution in [0.4, 0.5) is 17.6 Å². The predicted molar refractivity (Wildman–Crippen MR) is 98.4 cm³/mol. The van der Waals surface area contributed by atoms with Crippen molar-refractivity contribution in [2.24, 2.45) is 11.8 Å². The zero-order valence-corrected chi connectivity index (χ0v) is 15.3. The van der Waals surface area contributed by atoms with Crippen molar-refractivity contribution in [1.82, 2.24) is 0 Å². The van der Waals surface area contributed by atoms with E-state index in [-0.39, 0.29) is 0 Å². The summed E-state index contributed by atoms with van der Waals surface area (Å²) >= 11 is 0. The quantitative estimate of drug-likeness (QED) is 0.213. The molecule has 0 saturated heterocycles. The third-order valence-corrected chi connectivity index (χ3v) is 5.23. The average Bonchev–Trinajstić information content (AvgIpc) is 2.66. The first-order valence-electron chi connectivity index (χ1n) is 9.48. The van der Waals surface area contributed by atoms with E-state index in [9.17, 15) is 17.6 Å². The standard InChI is InChI=1S/C22H25F4N/c23-21(16-27)7-3-6-19-10-8-17(9-11-19)4-1-2-5-18-12-14-20(15-13-18)22(24,25)26/h3,6-7,12-15,17,19H,1-2,4-5,8-11H2/b6-3+,21-7-. The molecule has 0 amide bonds. The predicted octanol–water partition coefficient (Wildman–Crippen LogP) is 7.16. The summed E-state index contributed by atoms with van der Waals surface area (Å²) in [5.74, 6) is 0.387. The van der Waals surface area contributed by atoms with E-state index in [0.29, 0.717) is 11.8 Å². The number of nitrogens with zero attached hydrogens (tertiary/aromatic N) is 1. The van der Waals surface area contributed by atoms with Crippen LogP contribution >= 0.6 is 0 Å². The Morgan fingerprint density at radius 3 is 2.33 bits per heavy atom. The van der Waals surface area contributed by atoms with Gasteiger partial charge in [0.25, 0.3) is 0 Å². The number of alkyl halides is 3. The molecule has 0 N–H and O–H groups in total. The Balaban J connectivity index is 1.63. The van der Waals surface area contributed by atoms with Crippen LogP contribution in [0.15, 0.2) is 48.3 Å². The number of aryl methyl sites for hydroxylation is 1. The van der Waals surface area contributed by atoms with Crippen LogP contribution in [0.2, 0.25) is 0 Å². The second-order valence-corrected chi connectivity index (χ2v) is 7.23. The van der Waals surface area contributed by atoms with Gasteiger partial charge in [0, 0.05) is 0 Å². The summed E-state index contributed by atoms with van der Waals surface area (Å²) in [6.07, 6.45) is 9.06. The number of benzene rings is 1. The molecule has 2 rings (SSSR count). The van der Waals surface area contributed by atoms with Gasteiger partial charge in [-0.2, -0.15) is 22.8 Å². The first-order valence-corrected chi connectivity index (χ1v) is 9.48. The molecule has 5 heteroatoms. The fourth-order valence-electron chi connectivity index (χ4n) is 3.63. The maximum absolute atomic E-state index is 12.7. The third kappa shape index (κ3) is 7.58. The summed E-state index contributed by atoms with van der Waals surface area (Å²) in [4.78, 5) is 0. The van der Waals surface area contributed by atoms with Crippen molar-refractivity contribution in [3.05, 3.63) is 59.4 Å². The van der Waals surface area contributed by atoms with E-state index in [1.165, 1.54) is 12.1 Å². The van der Waals surface area contributed by atoms with E-state index in [1.807, 2.05) is 6.08 Å². The Kier molecular flexibility index (Phi) is 8.09. The lowest BCUT2D eigenvalue weighted by atomic mass is 9.79. The van der Waals surface area contributed by atoms with Crippen molar-refractivity contribution in [2.75, 3.05) is 0 Å². The maximum atomic E-state index is 12.7. The number of hydrogen-bond donors (Lipinski definition) is 0. The molecule has 1 aliphatic carbocycles. The zero-order valence-electron chi connectivity index (χ0n) is 15.3. The van der Waals surface area contributed by atoms with Crippen molar-refractivity contribution >= 4 is 0 Å². The number of rotatable bonds is 7. The van der Waals surface area contributed by atoms with Crippen LogP contribution in [0.5, 0.6) is 0 Å². The van der Waals surface area contributed by atoms with Gasteiger partial charge in [-0.15, -0.1) is 0 Å². The largest absolute Gasteiger partial charge is 0.416 e. The SMILES string of the molecule is N#C/C(F)=C/C=C/C1CCC(CCCCc2ccc(C(F)(F)F)cc2)CC1. The second-order valence-electron chi connectivity index (χ2n) is 7.23. The average molecular weight is 379 g/mol. The van der Waals surface area contributed by atoms with Crippen molar-refractivity contribution in [1.29, 1.82) is 5.26 Å². The molecule has 0 heterocycles. The zero-order chi connectivity index (χ0) is 19.7. The topological polar surface area (TPSA) is 23.8 Å². The van der Waals surface area contributed by atoms with E-state index >= 15 is 0 Å². The monoisotopic (exact) mass is 379 g/mol. The van der Waals surface area contributed by atoms with E-state index in [0.717, 1.165) is 69.1 Å². The van der Waals surface area contributed by atoms with Gasteiger partial charge in [-0.25, -0.2) is 0 Å². The molecule has 1 nitrogen and oxygen atoms in total. The molecule has 0 aromatic heterocycles. The molecule has 0 atom stereocenters. The van der Waals surface area contributed by atoms with Gasteiger partial charge in [0.2, 0.25) is 0 Å². The minimum absolute atomic E-state index is 0.455. The summed E-state index contributed by atoms with van der Waals surface area (Å²) in [7, 11) is 0. The van der Waals surface area contributed by atoms with E-state index in [2.05, 4.69) is 0 Å². The Morgan fingerprint density at radius 2 is 1.74 bits per heavy atom.